The SMILES string of the molecule is Cl.O=S(=O)(c1ccc(Cl)cc1)N(Cc1ccccc1OCCCN1CCSCC1(O)O)c1ccccc1. The molecule has 0 unspecified atom stereocenters. The van der Waals surface area contributed by atoms with Gasteiger partial charge in [-0.25, -0.2) is 8.42 Å². The maximum atomic E-state index is 13.6. The number of anilines is 1. The molecule has 3 aromatic rings. The minimum absolute atomic E-state index is 0. The molecule has 0 radical (unpaired) electrons. The minimum atomic E-state index is -3.88. The van der Waals surface area contributed by atoms with Gasteiger partial charge in [-0.3, -0.25) is 9.21 Å². The van der Waals surface area contributed by atoms with E-state index in [1.165, 1.54) is 28.2 Å². The molecular formula is C26H30Cl2N2O5S2. The van der Waals surface area contributed by atoms with Crippen LogP contribution in [0.15, 0.2) is 83.8 Å². The summed E-state index contributed by atoms with van der Waals surface area (Å²) in [4.78, 5) is 1.79. The van der Waals surface area contributed by atoms with E-state index in [1.54, 1.807) is 41.3 Å². The molecular weight excluding hydrogens is 555 g/mol. The molecule has 11 heteroatoms. The Labute approximate surface area is 233 Å². The first-order chi connectivity index (χ1) is 17.3. The van der Waals surface area contributed by atoms with Gasteiger partial charge in [-0.05, 0) is 48.9 Å². The molecule has 0 atom stereocenters. The Hall–Kier alpha value is -1.98. The van der Waals surface area contributed by atoms with Crippen molar-refractivity contribution in [3.8, 4) is 5.75 Å². The number of hydrogen-bond acceptors (Lipinski definition) is 7. The first-order valence-corrected chi connectivity index (χ1v) is 14.6. The van der Waals surface area contributed by atoms with Crippen LogP contribution in [0.5, 0.6) is 5.75 Å². The van der Waals surface area contributed by atoms with E-state index in [4.69, 9.17) is 16.3 Å². The van der Waals surface area contributed by atoms with Crippen molar-refractivity contribution in [3.63, 3.8) is 0 Å². The molecule has 0 amide bonds. The zero-order valence-electron chi connectivity index (χ0n) is 20.1. The number of ether oxygens (including phenoxy) is 1. The van der Waals surface area contributed by atoms with Crippen LogP contribution in [0, 0.1) is 0 Å². The van der Waals surface area contributed by atoms with E-state index in [9.17, 15) is 18.6 Å². The lowest BCUT2D eigenvalue weighted by Crippen LogP contribution is -2.54. The molecule has 4 rings (SSSR count). The van der Waals surface area contributed by atoms with Crippen LogP contribution in [0.25, 0.3) is 0 Å². The summed E-state index contributed by atoms with van der Waals surface area (Å²) < 4.78 is 34.7. The highest BCUT2D eigenvalue weighted by Gasteiger charge is 2.34. The van der Waals surface area contributed by atoms with Crippen molar-refractivity contribution in [2.45, 2.75) is 23.8 Å². The number of benzene rings is 3. The Morgan fingerprint density at radius 2 is 1.68 bits per heavy atom. The van der Waals surface area contributed by atoms with Crippen LogP contribution in [0.2, 0.25) is 5.02 Å². The molecule has 200 valence electrons. The molecule has 7 nitrogen and oxygen atoms in total. The van der Waals surface area contributed by atoms with Gasteiger partial charge in [-0.2, -0.15) is 11.8 Å². The van der Waals surface area contributed by atoms with Gasteiger partial charge in [0, 0.05) is 29.4 Å². The summed E-state index contributed by atoms with van der Waals surface area (Å²) in [6, 6.07) is 22.4. The molecule has 1 aliphatic rings. The first kappa shape index (κ1) is 29.6. The number of para-hydroxylation sites is 2. The minimum Gasteiger partial charge on any atom is -0.493 e. The van der Waals surface area contributed by atoms with E-state index in [1.807, 2.05) is 30.3 Å². The molecule has 0 bridgehead atoms. The van der Waals surface area contributed by atoms with E-state index in [2.05, 4.69) is 0 Å². The second-order valence-corrected chi connectivity index (χ2v) is 11.8. The monoisotopic (exact) mass is 584 g/mol. The molecule has 0 saturated carbocycles. The summed E-state index contributed by atoms with van der Waals surface area (Å²) in [5, 5.41) is 20.7. The maximum Gasteiger partial charge on any atom is 0.264 e. The highest BCUT2D eigenvalue weighted by atomic mass is 35.5. The van der Waals surface area contributed by atoms with Crippen molar-refractivity contribution in [1.29, 1.82) is 0 Å². The second-order valence-electron chi connectivity index (χ2n) is 8.42. The molecule has 3 aromatic carbocycles. The van der Waals surface area contributed by atoms with Crippen LogP contribution < -0.4 is 9.04 Å². The normalized spacial score (nSPS) is 15.5. The first-order valence-electron chi connectivity index (χ1n) is 11.6. The molecule has 1 fully saturated rings. The summed E-state index contributed by atoms with van der Waals surface area (Å²) >= 11 is 7.49. The fourth-order valence-electron chi connectivity index (χ4n) is 3.96. The lowest BCUT2D eigenvalue weighted by Gasteiger charge is -2.38. The van der Waals surface area contributed by atoms with E-state index in [-0.39, 0.29) is 29.6 Å². The quantitative estimate of drug-likeness (QED) is 0.265. The molecule has 1 aliphatic heterocycles. The smallest absolute Gasteiger partial charge is 0.264 e. The Kier molecular flexibility index (Phi) is 10.5. The highest BCUT2D eigenvalue weighted by molar-refractivity contribution is 7.99. The van der Waals surface area contributed by atoms with Gasteiger partial charge < -0.3 is 14.9 Å². The maximum absolute atomic E-state index is 13.6. The van der Waals surface area contributed by atoms with Crippen LogP contribution in [-0.4, -0.2) is 60.6 Å². The van der Waals surface area contributed by atoms with Gasteiger partial charge in [0.25, 0.3) is 10.0 Å². The van der Waals surface area contributed by atoms with E-state index >= 15 is 0 Å². The highest BCUT2D eigenvalue weighted by Crippen LogP contribution is 2.29. The van der Waals surface area contributed by atoms with Gasteiger partial charge in [0.15, 0.2) is 0 Å². The third-order valence-corrected chi connectivity index (χ3v) is 8.97. The summed E-state index contributed by atoms with van der Waals surface area (Å²) in [5.74, 6) is -0.108. The third-order valence-electron chi connectivity index (χ3n) is 5.87. The standard InChI is InChI=1S/C26H29ClN2O5S2.ClH/c27-22-11-13-24(14-12-22)36(32,33)29(23-8-2-1-3-9-23)19-21-7-4-5-10-25(21)34-17-6-15-28-16-18-35-20-26(28,30)31;/h1-5,7-14,30-31H,6,15-20H2;1H. The van der Waals surface area contributed by atoms with Gasteiger partial charge in [0.1, 0.15) is 5.75 Å². The number of sulfonamides is 1. The van der Waals surface area contributed by atoms with E-state index < -0.39 is 15.9 Å². The molecule has 0 spiro atoms. The third kappa shape index (κ3) is 7.54. The zero-order valence-corrected chi connectivity index (χ0v) is 23.3. The summed E-state index contributed by atoms with van der Waals surface area (Å²) in [5.41, 5.74) is 1.25. The van der Waals surface area contributed by atoms with E-state index in [0.29, 0.717) is 48.1 Å². The molecule has 1 heterocycles. The summed E-state index contributed by atoms with van der Waals surface area (Å²) in [6.07, 6.45) is 0.591. The van der Waals surface area contributed by atoms with Crippen molar-refractivity contribution in [2.75, 3.05) is 35.5 Å². The van der Waals surface area contributed by atoms with Crippen molar-refractivity contribution >= 4 is 51.5 Å². The Bertz CT molecular complexity index is 1250. The lowest BCUT2D eigenvalue weighted by molar-refractivity contribution is -0.247. The van der Waals surface area contributed by atoms with Gasteiger partial charge in [-0.1, -0.05) is 48.0 Å². The summed E-state index contributed by atoms with van der Waals surface area (Å²) in [7, 11) is -3.88. The van der Waals surface area contributed by atoms with Gasteiger partial charge >= 0.3 is 0 Å². The molecule has 2 N–H and O–H groups in total. The second kappa shape index (κ2) is 13.2. The van der Waals surface area contributed by atoms with Crippen molar-refractivity contribution in [2.24, 2.45) is 0 Å². The number of thioether (sulfide) groups is 1. The fourth-order valence-corrected chi connectivity index (χ4v) is 6.47. The number of aliphatic hydroxyl groups is 2. The van der Waals surface area contributed by atoms with Crippen LogP contribution in [0.3, 0.4) is 0 Å². The average Bonchev–Trinajstić information content (AvgIpc) is 2.87. The Morgan fingerprint density at radius 1 is 1.00 bits per heavy atom. The van der Waals surface area contributed by atoms with Crippen molar-refractivity contribution in [3.05, 3.63) is 89.4 Å². The number of hydrogen-bond donors (Lipinski definition) is 2. The number of rotatable bonds is 10. The predicted molar refractivity (Wildman–Crippen MR) is 151 cm³/mol. The van der Waals surface area contributed by atoms with Crippen LogP contribution in [0.1, 0.15) is 12.0 Å². The van der Waals surface area contributed by atoms with Crippen LogP contribution in [0.4, 0.5) is 5.69 Å². The number of nitrogens with zero attached hydrogens (tertiary/aromatic N) is 2. The largest absolute Gasteiger partial charge is 0.493 e. The molecule has 0 aromatic heterocycles. The Morgan fingerprint density at radius 3 is 2.38 bits per heavy atom. The van der Waals surface area contributed by atoms with E-state index in [0.717, 1.165) is 5.75 Å². The van der Waals surface area contributed by atoms with Gasteiger partial charge in [-0.15, -0.1) is 12.4 Å². The average molecular weight is 586 g/mol. The van der Waals surface area contributed by atoms with Crippen molar-refractivity contribution in [1.82, 2.24) is 4.90 Å². The van der Waals surface area contributed by atoms with Gasteiger partial charge in [0.2, 0.25) is 5.91 Å². The van der Waals surface area contributed by atoms with Crippen LogP contribution in [-0.2, 0) is 16.6 Å². The van der Waals surface area contributed by atoms with Crippen LogP contribution >= 0.6 is 35.8 Å². The predicted octanol–water partition coefficient (Wildman–Crippen LogP) is 4.61. The zero-order chi connectivity index (χ0) is 25.6. The molecule has 37 heavy (non-hydrogen) atoms. The fraction of sp³-hybridized carbons (Fsp3) is 0.308. The summed E-state index contributed by atoms with van der Waals surface area (Å²) in [6.45, 7) is 1.51. The molecule has 1 saturated heterocycles. The number of halogens is 2. The topological polar surface area (TPSA) is 90.3 Å². The van der Waals surface area contributed by atoms with Crippen molar-refractivity contribution < 1.29 is 23.4 Å². The van der Waals surface area contributed by atoms with Gasteiger partial charge in [0.05, 0.1) is 29.5 Å². The molecule has 0 aliphatic carbocycles. The lowest BCUT2D eigenvalue weighted by atomic mass is 10.2. The Balaban J connectivity index is 0.00000380.